The van der Waals surface area contributed by atoms with Gasteiger partial charge < -0.3 is 5.11 Å². The number of aromatic nitrogens is 1. The Bertz CT molecular complexity index is 629. The van der Waals surface area contributed by atoms with Gasteiger partial charge in [0.05, 0.1) is 26.3 Å². The number of aromatic carboxylic acids is 1. The predicted octanol–water partition coefficient (Wildman–Crippen LogP) is 4.41. The normalized spacial score (nSPS) is 10.4. The highest BCUT2D eigenvalue weighted by Crippen LogP contribution is 2.35. The third-order valence-corrected chi connectivity index (χ3v) is 3.34. The molecule has 1 N–H and O–H groups in total. The van der Waals surface area contributed by atoms with Crippen molar-refractivity contribution in [2.75, 3.05) is 0 Å². The first-order valence-electron chi connectivity index (χ1n) is 4.84. The number of nitrogens with zero attached hydrogens (tertiary/aromatic N) is 1. The summed E-state index contributed by atoms with van der Waals surface area (Å²) in [5.41, 5.74) is 0.746. The molecule has 0 unspecified atom stereocenters. The van der Waals surface area contributed by atoms with E-state index in [4.69, 9.17) is 39.9 Å². The van der Waals surface area contributed by atoms with Crippen LogP contribution in [0.25, 0.3) is 11.3 Å². The molecule has 0 spiro atoms. The van der Waals surface area contributed by atoms with Crippen LogP contribution in [0.5, 0.6) is 0 Å². The molecule has 0 radical (unpaired) electrons. The molecular weight excluding hydrogens is 296 g/mol. The number of benzene rings is 1. The maximum Gasteiger partial charge on any atom is 0.337 e. The van der Waals surface area contributed by atoms with Crippen molar-refractivity contribution in [3.63, 3.8) is 0 Å². The van der Waals surface area contributed by atoms with Crippen LogP contribution in [-0.2, 0) is 0 Å². The summed E-state index contributed by atoms with van der Waals surface area (Å²) in [7, 11) is 0. The van der Waals surface area contributed by atoms with Crippen LogP contribution in [0.1, 0.15) is 10.4 Å². The van der Waals surface area contributed by atoms with E-state index in [9.17, 15) is 4.79 Å². The number of halogens is 3. The van der Waals surface area contributed by atoms with Gasteiger partial charge in [-0.3, -0.25) is 4.98 Å². The van der Waals surface area contributed by atoms with Crippen molar-refractivity contribution in [3.8, 4) is 11.3 Å². The molecule has 0 aliphatic heterocycles. The first-order valence-corrected chi connectivity index (χ1v) is 5.97. The van der Waals surface area contributed by atoms with E-state index in [1.807, 2.05) is 0 Å². The predicted molar refractivity (Wildman–Crippen MR) is 71.7 cm³/mol. The molecule has 6 heteroatoms. The van der Waals surface area contributed by atoms with Crippen LogP contribution in [-0.4, -0.2) is 16.1 Å². The Morgan fingerprint density at radius 3 is 2.44 bits per heavy atom. The lowest BCUT2D eigenvalue weighted by atomic mass is 10.1. The number of carboxylic acids is 1. The smallest absolute Gasteiger partial charge is 0.337 e. The zero-order chi connectivity index (χ0) is 13.3. The summed E-state index contributed by atoms with van der Waals surface area (Å²) < 4.78 is 0. The van der Waals surface area contributed by atoms with E-state index in [2.05, 4.69) is 4.98 Å². The lowest BCUT2D eigenvalue weighted by Crippen LogP contribution is -2.01. The fraction of sp³-hybridized carbons (Fsp3) is 0. The van der Waals surface area contributed by atoms with Gasteiger partial charge in [0.15, 0.2) is 0 Å². The third kappa shape index (κ3) is 2.43. The molecule has 0 atom stereocenters. The number of rotatable bonds is 2. The Balaban J connectivity index is 2.69. The van der Waals surface area contributed by atoms with E-state index >= 15 is 0 Å². The number of hydrogen-bond donors (Lipinski definition) is 1. The zero-order valence-corrected chi connectivity index (χ0v) is 11.1. The number of hydrogen-bond acceptors (Lipinski definition) is 2. The summed E-state index contributed by atoms with van der Waals surface area (Å²) in [6.07, 6.45) is 1.49. The van der Waals surface area contributed by atoms with Gasteiger partial charge >= 0.3 is 5.97 Å². The Labute approximate surface area is 118 Å². The van der Waals surface area contributed by atoms with Gasteiger partial charge in [-0.1, -0.05) is 34.8 Å². The summed E-state index contributed by atoms with van der Waals surface area (Å²) in [5.74, 6) is -1.08. The van der Waals surface area contributed by atoms with E-state index in [1.165, 1.54) is 24.4 Å². The molecule has 18 heavy (non-hydrogen) atoms. The van der Waals surface area contributed by atoms with E-state index in [0.29, 0.717) is 15.6 Å². The van der Waals surface area contributed by atoms with Crippen molar-refractivity contribution in [2.24, 2.45) is 0 Å². The Hall–Kier alpha value is -1.29. The van der Waals surface area contributed by atoms with Crippen molar-refractivity contribution in [3.05, 3.63) is 51.1 Å². The third-order valence-electron chi connectivity index (χ3n) is 2.30. The van der Waals surface area contributed by atoms with Crippen LogP contribution in [0, 0.1) is 0 Å². The van der Waals surface area contributed by atoms with Gasteiger partial charge in [-0.15, -0.1) is 0 Å². The van der Waals surface area contributed by atoms with Crippen molar-refractivity contribution in [1.29, 1.82) is 0 Å². The molecule has 0 saturated carbocycles. The lowest BCUT2D eigenvalue weighted by molar-refractivity contribution is 0.0697. The van der Waals surface area contributed by atoms with Crippen LogP contribution < -0.4 is 0 Å². The van der Waals surface area contributed by atoms with Gasteiger partial charge in [0.2, 0.25) is 0 Å². The second-order valence-corrected chi connectivity index (χ2v) is 4.67. The minimum atomic E-state index is -1.08. The van der Waals surface area contributed by atoms with E-state index < -0.39 is 5.97 Å². The molecule has 3 nitrogen and oxygen atoms in total. The van der Waals surface area contributed by atoms with Crippen molar-refractivity contribution < 1.29 is 9.90 Å². The summed E-state index contributed by atoms with van der Waals surface area (Å²) in [4.78, 5) is 15.2. The fourth-order valence-electron chi connectivity index (χ4n) is 1.50. The molecule has 0 aliphatic carbocycles. The second-order valence-electron chi connectivity index (χ2n) is 3.45. The number of carbonyl (C=O) groups is 1. The molecule has 1 heterocycles. The first kappa shape index (κ1) is 13.1. The summed E-state index contributed by atoms with van der Waals surface area (Å²) in [6.45, 7) is 0. The Morgan fingerprint density at radius 1 is 1.11 bits per heavy atom. The molecule has 92 valence electrons. The van der Waals surface area contributed by atoms with Crippen molar-refractivity contribution in [1.82, 2.24) is 4.98 Å². The summed E-state index contributed by atoms with van der Waals surface area (Å²) in [6, 6.07) is 5.95. The Kier molecular flexibility index (Phi) is 3.76. The summed E-state index contributed by atoms with van der Waals surface area (Å²) in [5, 5.41) is 9.99. The summed E-state index contributed by atoms with van der Waals surface area (Å²) >= 11 is 17.8. The average Bonchev–Trinajstić information content (AvgIpc) is 2.34. The average molecular weight is 303 g/mol. The van der Waals surface area contributed by atoms with E-state index in [1.54, 1.807) is 6.07 Å². The molecule has 0 fully saturated rings. The Morgan fingerprint density at radius 2 is 1.78 bits per heavy atom. The topological polar surface area (TPSA) is 50.2 Å². The molecule has 0 aliphatic rings. The fourth-order valence-corrected chi connectivity index (χ4v) is 2.13. The minimum absolute atomic E-state index is 0.0535. The lowest BCUT2D eigenvalue weighted by Gasteiger charge is -2.08. The minimum Gasteiger partial charge on any atom is -0.478 e. The van der Waals surface area contributed by atoms with Gasteiger partial charge in [0.1, 0.15) is 0 Å². The monoisotopic (exact) mass is 301 g/mol. The quantitative estimate of drug-likeness (QED) is 0.836. The maximum atomic E-state index is 11.1. The van der Waals surface area contributed by atoms with Gasteiger partial charge in [-0.25, -0.2) is 4.79 Å². The van der Waals surface area contributed by atoms with Crippen molar-refractivity contribution in [2.45, 2.75) is 0 Å². The largest absolute Gasteiger partial charge is 0.478 e. The van der Waals surface area contributed by atoms with Crippen LogP contribution >= 0.6 is 34.8 Å². The number of carboxylic acid groups (broad SMARTS) is 1. The zero-order valence-electron chi connectivity index (χ0n) is 8.82. The highest BCUT2D eigenvalue weighted by atomic mass is 35.5. The molecule has 0 amide bonds. The molecule has 0 bridgehead atoms. The molecular formula is C12H6Cl3NO2. The van der Waals surface area contributed by atoms with Gasteiger partial charge in [-0.05, 0) is 24.3 Å². The van der Waals surface area contributed by atoms with Gasteiger partial charge in [0.25, 0.3) is 0 Å². The highest BCUT2D eigenvalue weighted by Gasteiger charge is 2.16. The van der Waals surface area contributed by atoms with Gasteiger partial charge in [0, 0.05) is 11.8 Å². The van der Waals surface area contributed by atoms with Crippen LogP contribution in [0.3, 0.4) is 0 Å². The molecule has 2 rings (SSSR count). The van der Waals surface area contributed by atoms with Crippen LogP contribution in [0.15, 0.2) is 30.5 Å². The standard InChI is InChI=1S/C12H6Cl3NO2/c13-8-5-10(15)9(14)4-7(8)11-6(12(17)18)2-1-3-16-11/h1-5H,(H,17,18). The van der Waals surface area contributed by atoms with Crippen LogP contribution in [0.2, 0.25) is 15.1 Å². The molecule has 2 aromatic rings. The SMILES string of the molecule is O=C(O)c1cccnc1-c1cc(Cl)c(Cl)cc1Cl. The second kappa shape index (κ2) is 5.14. The van der Waals surface area contributed by atoms with Gasteiger partial charge in [-0.2, -0.15) is 0 Å². The molecule has 1 aromatic carbocycles. The van der Waals surface area contributed by atoms with E-state index in [0.717, 1.165) is 0 Å². The van der Waals surface area contributed by atoms with E-state index in [-0.39, 0.29) is 16.3 Å². The van der Waals surface area contributed by atoms with Crippen molar-refractivity contribution >= 4 is 40.8 Å². The maximum absolute atomic E-state index is 11.1. The highest BCUT2D eigenvalue weighted by molar-refractivity contribution is 6.44. The molecule has 0 saturated heterocycles. The van der Waals surface area contributed by atoms with Crippen LogP contribution in [0.4, 0.5) is 0 Å². The first-order chi connectivity index (χ1) is 8.50. The molecule has 1 aromatic heterocycles. The number of pyridine rings is 1.